The van der Waals surface area contributed by atoms with Crippen LogP contribution in [0.5, 0.6) is 0 Å². The second kappa shape index (κ2) is 10.5. The van der Waals surface area contributed by atoms with Gasteiger partial charge in [-0.1, -0.05) is 26.2 Å². The molecule has 47 valence electrons. The van der Waals surface area contributed by atoms with E-state index in [1.165, 1.54) is 19.3 Å². The molecule has 8 heavy (non-hydrogen) atoms. The highest BCUT2D eigenvalue weighted by Gasteiger charge is 1.80. The van der Waals surface area contributed by atoms with E-state index in [0.717, 1.165) is 6.42 Å². The summed E-state index contributed by atoms with van der Waals surface area (Å²) in [5.41, 5.74) is 0. The first-order valence-electron chi connectivity index (χ1n) is 3.02. The molecule has 1 nitrogen and oxygen atoms in total. The van der Waals surface area contributed by atoms with Crippen LogP contribution in [0.25, 0.3) is 0 Å². The normalized spacial score (nSPS) is 8.25. The largest absolute Gasteiger partial charge is 0.396 e. The maximum absolute atomic E-state index is 8.29. The first-order valence-corrected chi connectivity index (χ1v) is 3.02. The summed E-state index contributed by atoms with van der Waals surface area (Å²) >= 11 is 0. The van der Waals surface area contributed by atoms with Gasteiger partial charge in [-0.2, -0.15) is 0 Å². The molecule has 3 radical (unpaired) electrons. The Bertz CT molecular complexity index is 27.7. The molecule has 0 bridgehead atoms. The molecule has 0 unspecified atom stereocenters. The summed E-state index contributed by atoms with van der Waals surface area (Å²) in [5.74, 6) is 0. The quantitative estimate of drug-likeness (QED) is 0.446. The van der Waals surface area contributed by atoms with Gasteiger partial charge in [-0.25, -0.2) is 0 Å². The van der Waals surface area contributed by atoms with E-state index in [1.807, 2.05) is 0 Å². The Hall–Kier alpha value is 0.492. The van der Waals surface area contributed by atoms with Crippen molar-refractivity contribution < 1.29 is 5.11 Å². The summed E-state index contributed by atoms with van der Waals surface area (Å²) in [4.78, 5) is 0. The molecule has 2 heteroatoms. The number of hydrogen-bond donors (Lipinski definition) is 1. The zero-order valence-corrected chi connectivity index (χ0v) is 6.71. The van der Waals surface area contributed by atoms with Crippen LogP contribution in [0, 0.1) is 0 Å². The highest BCUT2D eigenvalue weighted by Crippen LogP contribution is 1.95. The van der Waals surface area contributed by atoms with Crippen LogP contribution in [-0.2, 0) is 0 Å². The highest BCUT2D eigenvalue weighted by molar-refractivity contribution is 5.75. The minimum atomic E-state index is 0. The van der Waals surface area contributed by atoms with Gasteiger partial charge in [-0.15, -0.1) is 0 Å². The van der Waals surface area contributed by atoms with E-state index in [4.69, 9.17) is 5.11 Å². The van der Waals surface area contributed by atoms with E-state index >= 15 is 0 Å². The third-order valence-electron chi connectivity index (χ3n) is 1.01. The first kappa shape index (κ1) is 11.3. The Morgan fingerprint density at radius 3 is 2.12 bits per heavy atom. The number of aliphatic hydroxyl groups excluding tert-OH is 1. The summed E-state index contributed by atoms with van der Waals surface area (Å²) in [6, 6.07) is 0. The number of hydrogen-bond acceptors (Lipinski definition) is 1. The smallest absolute Gasteiger partial charge is 0.0431 e. The van der Waals surface area contributed by atoms with Gasteiger partial charge in [0.05, 0.1) is 0 Å². The van der Waals surface area contributed by atoms with E-state index in [2.05, 4.69) is 6.92 Å². The first-order chi connectivity index (χ1) is 3.41. The van der Waals surface area contributed by atoms with Crippen molar-refractivity contribution in [3.05, 3.63) is 0 Å². The SMILES string of the molecule is CCCCCCO.[Al]. The highest BCUT2D eigenvalue weighted by atomic mass is 27.0. The minimum Gasteiger partial charge on any atom is -0.396 e. The van der Waals surface area contributed by atoms with E-state index in [-0.39, 0.29) is 17.4 Å². The van der Waals surface area contributed by atoms with Crippen molar-refractivity contribution in [3.63, 3.8) is 0 Å². The molecular weight excluding hydrogens is 115 g/mol. The van der Waals surface area contributed by atoms with Gasteiger partial charge in [-0.05, 0) is 6.42 Å². The van der Waals surface area contributed by atoms with Crippen molar-refractivity contribution in [2.45, 2.75) is 32.6 Å². The fourth-order valence-electron chi connectivity index (χ4n) is 0.539. The van der Waals surface area contributed by atoms with Crippen molar-refractivity contribution in [1.29, 1.82) is 0 Å². The molecule has 0 aliphatic rings. The Morgan fingerprint density at radius 1 is 1.12 bits per heavy atom. The topological polar surface area (TPSA) is 20.2 Å². The van der Waals surface area contributed by atoms with Crippen LogP contribution >= 0.6 is 0 Å². The van der Waals surface area contributed by atoms with Crippen molar-refractivity contribution >= 4 is 17.4 Å². The van der Waals surface area contributed by atoms with Gasteiger partial charge in [0.15, 0.2) is 0 Å². The van der Waals surface area contributed by atoms with Gasteiger partial charge >= 0.3 is 0 Å². The average molecular weight is 129 g/mol. The van der Waals surface area contributed by atoms with Gasteiger partial charge in [0.1, 0.15) is 0 Å². The molecule has 0 amide bonds. The predicted molar refractivity (Wildman–Crippen MR) is 37.0 cm³/mol. The molecule has 0 aromatic heterocycles. The van der Waals surface area contributed by atoms with Crippen molar-refractivity contribution in [2.75, 3.05) is 6.61 Å². The fraction of sp³-hybridized carbons (Fsp3) is 1.00. The second-order valence-electron chi connectivity index (χ2n) is 1.78. The van der Waals surface area contributed by atoms with E-state index < -0.39 is 0 Å². The average Bonchev–Trinajstić information content (AvgIpc) is 1.69. The molecule has 0 saturated heterocycles. The molecule has 0 aromatic carbocycles. The lowest BCUT2D eigenvalue weighted by atomic mass is 10.2. The van der Waals surface area contributed by atoms with Crippen LogP contribution in [0.2, 0.25) is 0 Å². The van der Waals surface area contributed by atoms with Crippen LogP contribution in [-0.4, -0.2) is 29.1 Å². The second-order valence-corrected chi connectivity index (χ2v) is 1.78. The summed E-state index contributed by atoms with van der Waals surface area (Å²) in [6.07, 6.45) is 4.68. The molecule has 0 spiro atoms. The van der Waals surface area contributed by atoms with Crippen LogP contribution in [0.4, 0.5) is 0 Å². The van der Waals surface area contributed by atoms with Crippen molar-refractivity contribution in [3.8, 4) is 0 Å². The third-order valence-corrected chi connectivity index (χ3v) is 1.01. The molecule has 0 heterocycles. The molecule has 0 fully saturated rings. The third kappa shape index (κ3) is 9.70. The zero-order chi connectivity index (χ0) is 5.54. The molecule has 0 saturated carbocycles. The lowest BCUT2D eigenvalue weighted by Gasteiger charge is -1.90. The monoisotopic (exact) mass is 129 g/mol. The molecule has 0 aliphatic carbocycles. The maximum Gasteiger partial charge on any atom is 0.0431 e. The summed E-state index contributed by atoms with van der Waals surface area (Å²) in [5, 5.41) is 8.29. The van der Waals surface area contributed by atoms with Gasteiger partial charge in [0.25, 0.3) is 0 Å². The van der Waals surface area contributed by atoms with E-state index in [9.17, 15) is 0 Å². The van der Waals surface area contributed by atoms with Crippen LogP contribution < -0.4 is 0 Å². The zero-order valence-electron chi connectivity index (χ0n) is 5.56. The van der Waals surface area contributed by atoms with Gasteiger partial charge in [0.2, 0.25) is 0 Å². The number of aliphatic hydroxyl groups is 1. The van der Waals surface area contributed by atoms with Crippen LogP contribution in [0.3, 0.4) is 0 Å². The van der Waals surface area contributed by atoms with Crippen LogP contribution in [0.1, 0.15) is 32.6 Å². The molecule has 0 atom stereocenters. The van der Waals surface area contributed by atoms with Crippen LogP contribution in [0.15, 0.2) is 0 Å². The lowest BCUT2D eigenvalue weighted by Crippen LogP contribution is -1.80. The Morgan fingerprint density at radius 2 is 1.75 bits per heavy atom. The fourth-order valence-corrected chi connectivity index (χ4v) is 0.539. The Labute approximate surface area is 62.2 Å². The van der Waals surface area contributed by atoms with E-state index in [1.54, 1.807) is 0 Å². The van der Waals surface area contributed by atoms with Crippen molar-refractivity contribution in [2.24, 2.45) is 0 Å². The maximum atomic E-state index is 8.29. The molecule has 0 aliphatic heterocycles. The number of rotatable bonds is 4. The predicted octanol–water partition coefficient (Wildman–Crippen LogP) is 1.18. The number of unbranched alkanes of at least 4 members (excludes halogenated alkanes) is 3. The standard InChI is InChI=1S/C6H14O.Al/c1-2-3-4-5-6-7;/h7H,2-6H2,1H3;. The summed E-state index contributed by atoms with van der Waals surface area (Å²) in [6.45, 7) is 2.53. The molecule has 1 N–H and O–H groups in total. The summed E-state index contributed by atoms with van der Waals surface area (Å²) in [7, 11) is 0. The minimum absolute atomic E-state index is 0. The van der Waals surface area contributed by atoms with E-state index in [0.29, 0.717) is 6.61 Å². The van der Waals surface area contributed by atoms with Gasteiger partial charge in [-0.3, -0.25) is 0 Å². The van der Waals surface area contributed by atoms with Gasteiger partial charge < -0.3 is 5.11 Å². The Balaban J connectivity index is 0. The Kier molecular flexibility index (Phi) is 14.8. The lowest BCUT2D eigenvalue weighted by molar-refractivity contribution is 0.283. The molecular formula is C6H14AlO. The summed E-state index contributed by atoms with van der Waals surface area (Å²) < 4.78 is 0. The van der Waals surface area contributed by atoms with Gasteiger partial charge in [0, 0.05) is 24.0 Å². The molecule has 0 aromatic rings. The molecule has 0 rings (SSSR count). The van der Waals surface area contributed by atoms with Crippen molar-refractivity contribution in [1.82, 2.24) is 0 Å².